The first-order valence-corrected chi connectivity index (χ1v) is 8.56. The van der Waals surface area contributed by atoms with E-state index in [0.29, 0.717) is 11.4 Å². The van der Waals surface area contributed by atoms with Crippen molar-refractivity contribution >= 4 is 29.3 Å². The Morgan fingerprint density at radius 1 is 0.926 bits per heavy atom. The van der Waals surface area contributed by atoms with Gasteiger partial charge in [0, 0.05) is 11.7 Å². The molecule has 0 saturated carbocycles. The summed E-state index contributed by atoms with van der Waals surface area (Å²) in [5.41, 5.74) is 2.04. The Morgan fingerprint density at radius 3 is 2.22 bits per heavy atom. The first-order valence-electron chi connectivity index (χ1n) is 8.56. The summed E-state index contributed by atoms with van der Waals surface area (Å²) in [7, 11) is 0. The van der Waals surface area contributed by atoms with E-state index >= 15 is 0 Å². The van der Waals surface area contributed by atoms with Crippen molar-refractivity contribution in [2.45, 2.75) is 26.8 Å². The van der Waals surface area contributed by atoms with Crippen LogP contribution < -0.4 is 16.0 Å². The largest absolute Gasteiger partial charge is 0.452 e. The quantitative estimate of drug-likeness (QED) is 0.681. The number of carbonyl (C=O) groups excluding carboxylic acids is 3. The molecule has 0 atom stereocenters. The fraction of sp³-hybridized carbons (Fsp3) is 0.250. The van der Waals surface area contributed by atoms with Crippen LogP contribution in [0.25, 0.3) is 0 Å². The van der Waals surface area contributed by atoms with Gasteiger partial charge in [0.15, 0.2) is 6.61 Å². The molecule has 142 valence electrons. The molecule has 0 aliphatic heterocycles. The highest BCUT2D eigenvalue weighted by Crippen LogP contribution is 2.17. The number of anilines is 2. The van der Waals surface area contributed by atoms with Gasteiger partial charge in [0.2, 0.25) is 0 Å². The minimum atomic E-state index is -0.699. The first-order chi connectivity index (χ1) is 12.9. The number of hydrogen-bond acceptors (Lipinski definition) is 4. The number of hydrogen-bond donors (Lipinski definition) is 3. The average molecular weight is 369 g/mol. The van der Waals surface area contributed by atoms with Crippen molar-refractivity contribution in [3.63, 3.8) is 0 Å². The summed E-state index contributed by atoms with van der Waals surface area (Å²) >= 11 is 0. The van der Waals surface area contributed by atoms with Gasteiger partial charge in [0.05, 0.1) is 11.3 Å². The normalized spacial score (nSPS) is 10.2. The molecule has 3 amide bonds. The smallest absolute Gasteiger partial charge is 0.340 e. The van der Waals surface area contributed by atoms with Crippen LogP contribution in [-0.4, -0.2) is 30.6 Å². The van der Waals surface area contributed by atoms with E-state index in [0.717, 1.165) is 5.56 Å². The van der Waals surface area contributed by atoms with Gasteiger partial charge in [-0.25, -0.2) is 9.59 Å². The maximum Gasteiger partial charge on any atom is 0.340 e. The summed E-state index contributed by atoms with van der Waals surface area (Å²) in [5.74, 6) is -1.14. The third-order valence-electron chi connectivity index (χ3n) is 3.57. The lowest BCUT2D eigenvalue weighted by molar-refractivity contribution is -0.119. The molecule has 7 nitrogen and oxygen atoms in total. The van der Waals surface area contributed by atoms with Crippen LogP contribution in [0.4, 0.5) is 16.2 Å². The van der Waals surface area contributed by atoms with Crippen LogP contribution >= 0.6 is 0 Å². The summed E-state index contributed by atoms with van der Waals surface area (Å²) in [4.78, 5) is 36.2. The molecular formula is C20H23N3O4. The number of carbonyl (C=O) groups is 3. The zero-order chi connectivity index (χ0) is 19.8. The van der Waals surface area contributed by atoms with Gasteiger partial charge >= 0.3 is 12.0 Å². The highest BCUT2D eigenvalue weighted by Gasteiger charge is 2.16. The number of rotatable bonds is 6. The second-order valence-electron chi connectivity index (χ2n) is 6.24. The molecule has 0 aromatic heterocycles. The molecule has 0 aliphatic carbocycles. The summed E-state index contributed by atoms with van der Waals surface area (Å²) in [6.07, 6.45) is 0. The van der Waals surface area contributed by atoms with E-state index in [1.54, 1.807) is 30.3 Å². The van der Waals surface area contributed by atoms with Gasteiger partial charge in [-0.2, -0.15) is 0 Å². The van der Waals surface area contributed by atoms with Gasteiger partial charge in [0.25, 0.3) is 5.91 Å². The molecule has 0 aliphatic rings. The highest BCUT2D eigenvalue weighted by molar-refractivity contribution is 6.02. The fourth-order valence-corrected chi connectivity index (χ4v) is 2.30. The predicted octanol–water partition coefficient (Wildman–Crippen LogP) is 3.32. The van der Waals surface area contributed by atoms with E-state index in [-0.39, 0.29) is 11.6 Å². The van der Waals surface area contributed by atoms with Gasteiger partial charge in [-0.3, -0.25) is 4.79 Å². The lowest BCUT2D eigenvalue weighted by Crippen LogP contribution is -2.34. The summed E-state index contributed by atoms with van der Waals surface area (Å²) < 4.78 is 5.08. The molecule has 2 aromatic rings. The Hall–Kier alpha value is -3.35. The molecule has 0 spiro atoms. The molecule has 27 heavy (non-hydrogen) atoms. The molecule has 0 radical (unpaired) electrons. The maximum atomic E-state index is 12.3. The van der Waals surface area contributed by atoms with Crippen LogP contribution in [-0.2, 0) is 9.53 Å². The minimum Gasteiger partial charge on any atom is -0.452 e. The Kier molecular flexibility index (Phi) is 6.93. The van der Waals surface area contributed by atoms with Crippen LogP contribution in [0.5, 0.6) is 0 Å². The van der Waals surface area contributed by atoms with Crippen molar-refractivity contribution in [3.8, 4) is 0 Å². The number of urea groups is 1. The lowest BCUT2D eigenvalue weighted by atomic mass is 10.2. The van der Waals surface area contributed by atoms with Crippen molar-refractivity contribution in [3.05, 3.63) is 59.7 Å². The van der Waals surface area contributed by atoms with Crippen LogP contribution in [0.15, 0.2) is 48.5 Å². The topological polar surface area (TPSA) is 96.5 Å². The Labute approximate surface area is 158 Å². The van der Waals surface area contributed by atoms with Gasteiger partial charge in [-0.15, -0.1) is 0 Å². The molecule has 2 aromatic carbocycles. The van der Waals surface area contributed by atoms with E-state index in [2.05, 4.69) is 16.0 Å². The second-order valence-corrected chi connectivity index (χ2v) is 6.24. The zero-order valence-electron chi connectivity index (χ0n) is 15.5. The summed E-state index contributed by atoms with van der Waals surface area (Å²) in [6.45, 7) is 5.09. The molecule has 0 unspecified atom stereocenters. The third-order valence-corrected chi connectivity index (χ3v) is 3.57. The van der Waals surface area contributed by atoms with Crippen LogP contribution in [0.2, 0.25) is 0 Å². The number of nitrogens with one attached hydrogen (secondary N) is 3. The van der Waals surface area contributed by atoms with Gasteiger partial charge in [-0.05, 0) is 44.5 Å². The molecular weight excluding hydrogens is 346 g/mol. The number of amides is 3. The highest BCUT2D eigenvalue weighted by atomic mass is 16.5. The number of ether oxygens (including phenoxy) is 1. The molecule has 2 rings (SSSR count). The first kappa shape index (κ1) is 20.0. The van der Waals surface area contributed by atoms with Crippen LogP contribution in [0.1, 0.15) is 29.8 Å². The van der Waals surface area contributed by atoms with E-state index < -0.39 is 24.5 Å². The predicted molar refractivity (Wildman–Crippen MR) is 104 cm³/mol. The Balaban J connectivity index is 1.97. The number of aryl methyl sites for hydroxylation is 1. The average Bonchev–Trinajstić information content (AvgIpc) is 2.61. The van der Waals surface area contributed by atoms with Crippen molar-refractivity contribution in [1.29, 1.82) is 0 Å². The molecule has 0 fully saturated rings. The van der Waals surface area contributed by atoms with Gasteiger partial charge in [0.1, 0.15) is 0 Å². The third kappa shape index (κ3) is 6.14. The van der Waals surface area contributed by atoms with E-state index in [1.165, 1.54) is 6.07 Å². The molecule has 0 saturated heterocycles. The number of para-hydroxylation sites is 2. The zero-order valence-corrected chi connectivity index (χ0v) is 15.5. The lowest BCUT2D eigenvalue weighted by Gasteiger charge is -2.13. The standard InChI is InChI=1S/C20H23N3O4/c1-13(2)21-20(26)23-17-11-7-5-9-15(17)19(25)27-12-18(24)22-16-10-6-4-8-14(16)3/h4-11,13H,12H2,1-3H3,(H,22,24)(H2,21,23,26). The van der Waals surface area contributed by atoms with Crippen LogP contribution in [0, 0.1) is 6.92 Å². The summed E-state index contributed by atoms with van der Waals surface area (Å²) in [5, 5.41) is 7.97. The summed E-state index contributed by atoms with van der Waals surface area (Å²) in [6, 6.07) is 13.3. The maximum absolute atomic E-state index is 12.3. The van der Waals surface area contributed by atoms with Gasteiger partial charge < -0.3 is 20.7 Å². The SMILES string of the molecule is Cc1ccccc1NC(=O)COC(=O)c1ccccc1NC(=O)NC(C)C. The number of esters is 1. The molecule has 7 heteroatoms. The number of benzene rings is 2. The minimum absolute atomic E-state index is 0.0470. The van der Waals surface area contributed by atoms with Crippen LogP contribution in [0.3, 0.4) is 0 Å². The fourth-order valence-electron chi connectivity index (χ4n) is 2.30. The van der Waals surface area contributed by atoms with Crippen molar-refractivity contribution in [2.75, 3.05) is 17.2 Å². The Bertz CT molecular complexity index is 833. The van der Waals surface area contributed by atoms with Gasteiger partial charge in [-0.1, -0.05) is 30.3 Å². The van der Waals surface area contributed by atoms with E-state index in [9.17, 15) is 14.4 Å². The molecule has 3 N–H and O–H groups in total. The van der Waals surface area contributed by atoms with Crippen molar-refractivity contribution in [1.82, 2.24) is 5.32 Å². The molecule has 0 heterocycles. The van der Waals surface area contributed by atoms with E-state index in [1.807, 2.05) is 32.9 Å². The Morgan fingerprint density at radius 2 is 1.56 bits per heavy atom. The van der Waals surface area contributed by atoms with E-state index in [4.69, 9.17) is 4.74 Å². The van der Waals surface area contributed by atoms with Crippen molar-refractivity contribution in [2.24, 2.45) is 0 Å². The monoisotopic (exact) mass is 369 g/mol. The second kappa shape index (κ2) is 9.38. The van der Waals surface area contributed by atoms with Crippen molar-refractivity contribution < 1.29 is 19.1 Å². The molecule has 0 bridgehead atoms.